The zero-order valence-corrected chi connectivity index (χ0v) is 20.6. The van der Waals surface area contributed by atoms with Gasteiger partial charge in [-0.25, -0.2) is 4.98 Å². The summed E-state index contributed by atoms with van der Waals surface area (Å²) in [5.74, 6) is 1.02. The molecule has 1 fully saturated rings. The van der Waals surface area contributed by atoms with Gasteiger partial charge >= 0.3 is 0 Å². The first-order chi connectivity index (χ1) is 16.5. The normalized spacial score (nSPS) is 14.2. The summed E-state index contributed by atoms with van der Waals surface area (Å²) in [4.78, 5) is 18.0. The largest absolute Gasteiger partial charge is 0.493 e. The molecule has 5 nitrogen and oxygen atoms in total. The van der Waals surface area contributed by atoms with Crippen molar-refractivity contribution in [1.82, 2.24) is 14.9 Å². The number of carbonyl (C=O) groups excluding carboxylic acids is 1. The number of ether oxygens (including phenoxy) is 1. The molecule has 1 amide bonds. The Morgan fingerprint density at radius 3 is 2.56 bits per heavy atom. The summed E-state index contributed by atoms with van der Waals surface area (Å²) in [7, 11) is 0. The lowest BCUT2D eigenvalue weighted by Gasteiger charge is -2.22. The quantitative estimate of drug-likeness (QED) is 0.338. The number of amides is 1. The molecule has 0 atom stereocenters. The van der Waals surface area contributed by atoms with Crippen LogP contribution in [0, 0.1) is 6.92 Å². The van der Waals surface area contributed by atoms with E-state index in [-0.39, 0.29) is 11.9 Å². The molecule has 34 heavy (non-hydrogen) atoms. The van der Waals surface area contributed by atoms with Crippen molar-refractivity contribution in [1.29, 1.82) is 0 Å². The number of halogens is 3. The van der Waals surface area contributed by atoms with E-state index in [1.54, 1.807) is 18.2 Å². The van der Waals surface area contributed by atoms with Gasteiger partial charge < -0.3 is 10.1 Å². The molecule has 1 aliphatic carbocycles. The van der Waals surface area contributed by atoms with Gasteiger partial charge in [-0.3, -0.25) is 13.8 Å². The van der Waals surface area contributed by atoms with Crippen molar-refractivity contribution in [3.05, 3.63) is 63.9 Å². The first-order valence-corrected chi connectivity index (χ1v) is 12.4. The minimum atomic E-state index is -0.413. The molecule has 180 valence electrons. The predicted octanol–water partition coefficient (Wildman–Crippen LogP) is 6.96. The van der Waals surface area contributed by atoms with Crippen LogP contribution in [0.15, 0.2) is 42.5 Å². The zero-order valence-electron chi connectivity index (χ0n) is 19.1. The Morgan fingerprint density at radius 2 is 1.88 bits per heavy atom. The summed E-state index contributed by atoms with van der Waals surface area (Å²) in [5, 5.41) is 4.13. The molecule has 0 bridgehead atoms. The Bertz CT molecular complexity index is 1140. The van der Waals surface area contributed by atoms with Gasteiger partial charge in [0.2, 0.25) is 0 Å². The van der Waals surface area contributed by atoms with Crippen LogP contribution >= 0.6 is 23.2 Å². The molecule has 1 N–H and O–H groups in total. The van der Waals surface area contributed by atoms with Crippen LogP contribution in [0.1, 0.15) is 54.7 Å². The number of nitrogens with one attached hydrogen (secondary N) is 1. The van der Waals surface area contributed by atoms with Crippen molar-refractivity contribution in [3.8, 4) is 22.8 Å². The fourth-order valence-electron chi connectivity index (χ4n) is 4.32. The van der Waals surface area contributed by atoms with Crippen molar-refractivity contribution < 1.29 is 13.9 Å². The lowest BCUT2D eigenvalue weighted by atomic mass is 9.95. The molecule has 4 rings (SSSR count). The Kier molecular flexibility index (Phi) is 8.11. The van der Waals surface area contributed by atoms with Crippen LogP contribution in [0.4, 0.5) is 4.39 Å². The number of imidazole rings is 1. The van der Waals surface area contributed by atoms with E-state index in [2.05, 4.69) is 5.32 Å². The van der Waals surface area contributed by atoms with Gasteiger partial charge in [-0.15, -0.1) is 0 Å². The van der Waals surface area contributed by atoms with Crippen LogP contribution in [0.3, 0.4) is 0 Å². The first kappa shape index (κ1) is 24.6. The van der Waals surface area contributed by atoms with E-state index in [4.69, 9.17) is 32.9 Å². The van der Waals surface area contributed by atoms with E-state index in [1.165, 1.54) is 6.42 Å². The second-order valence-corrected chi connectivity index (χ2v) is 9.37. The zero-order chi connectivity index (χ0) is 24.1. The molecule has 3 aromatic rings. The second kappa shape index (κ2) is 11.2. The number of nitrogens with zero attached hydrogens (tertiary/aromatic N) is 2. The van der Waals surface area contributed by atoms with E-state index >= 15 is 0 Å². The van der Waals surface area contributed by atoms with Gasteiger partial charge in [0.15, 0.2) is 0 Å². The SMILES string of the molecule is Cc1c(C(=O)NC2CCCCC2)nc(-c2ccc(Cl)cc2Cl)n1-c1ccc(OCCCF)cc1. The molecule has 8 heteroatoms. The summed E-state index contributed by atoms with van der Waals surface area (Å²) in [6, 6.07) is 12.8. The molecule has 0 saturated heterocycles. The van der Waals surface area contributed by atoms with E-state index in [0.717, 1.165) is 31.4 Å². The highest BCUT2D eigenvalue weighted by atomic mass is 35.5. The molecule has 0 aliphatic heterocycles. The topological polar surface area (TPSA) is 56.2 Å². The number of benzene rings is 2. The minimum absolute atomic E-state index is 0.175. The van der Waals surface area contributed by atoms with E-state index in [9.17, 15) is 9.18 Å². The molecule has 1 saturated carbocycles. The fourth-order valence-corrected chi connectivity index (χ4v) is 4.81. The second-order valence-electron chi connectivity index (χ2n) is 8.52. The Hall–Kier alpha value is -2.57. The summed E-state index contributed by atoms with van der Waals surface area (Å²) < 4.78 is 19.9. The van der Waals surface area contributed by atoms with Crippen LogP contribution in [-0.2, 0) is 0 Å². The number of rotatable bonds is 8. The lowest BCUT2D eigenvalue weighted by Crippen LogP contribution is -2.36. The third-order valence-electron chi connectivity index (χ3n) is 6.08. The summed E-state index contributed by atoms with van der Waals surface area (Å²) >= 11 is 12.6. The average molecular weight is 504 g/mol. The number of aromatic nitrogens is 2. The van der Waals surface area contributed by atoms with Crippen molar-refractivity contribution in [2.75, 3.05) is 13.3 Å². The van der Waals surface area contributed by atoms with Gasteiger partial charge in [0.05, 0.1) is 24.0 Å². The van der Waals surface area contributed by atoms with Crippen LogP contribution in [0.5, 0.6) is 5.75 Å². The number of carbonyl (C=O) groups is 1. The van der Waals surface area contributed by atoms with Gasteiger partial charge in [0, 0.05) is 28.7 Å². The van der Waals surface area contributed by atoms with Crippen molar-refractivity contribution >= 4 is 29.1 Å². The summed E-state index contributed by atoms with van der Waals surface area (Å²) in [6.07, 6.45) is 5.80. The summed E-state index contributed by atoms with van der Waals surface area (Å²) in [5.41, 5.74) is 2.56. The third kappa shape index (κ3) is 5.56. The summed E-state index contributed by atoms with van der Waals surface area (Å²) in [6.45, 7) is 1.78. The lowest BCUT2D eigenvalue weighted by molar-refractivity contribution is 0.0922. The predicted molar refractivity (Wildman–Crippen MR) is 134 cm³/mol. The van der Waals surface area contributed by atoms with Gasteiger partial charge in [0.1, 0.15) is 17.3 Å². The standard InChI is InChI=1S/C26H28Cl2FN3O2/c1-17-24(26(33)30-19-6-3-2-4-7-19)31-25(22-13-8-18(27)16-23(22)28)32(17)20-9-11-21(12-10-20)34-15-5-14-29/h8-13,16,19H,2-7,14-15H2,1H3,(H,30,33). The molecule has 0 radical (unpaired) electrons. The minimum Gasteiger partial charge on any atom is -0.493 e. The van der Waals surface area contributed by atoms with Gasteiger partial charge in [-0.05, 0) is 62.2 Å². The maximum atomic E-state index is 13.2. The van der Waals surface area contributed by atoms with Crippen LogP contribution in [-0.4, -0.2) is 34.8 Å². The molecular weight excluding hydrogens is 476 g/mol. The molecule has 1 heterocycles. The Labute approximate surface area is 209 Å². The molecular formula is C26H28Cl2FN3O2. The molecule has 2 aromatic carbocycles. The highest BCUT2D eigenvalue weighted by Gasteiger charge is 2.25. The third-order valence-corrected chi connectivity index (χ3v) is 6.62. The van der Waals surface area contributed by atoms with E-state index < -0.39 is 6.67 Å². The van der Waals surface area contributed by atoms with Crippen molar-refractivity contribution in [2.45, 2.75) is 51.5 Å². The molecule has 1 aromatic heterocycles. The molecule has 1 aliphatic rings. The van der Waals surface area contributed by atoms with Crippen LogP contribution < -0.4 is 10.1 Å². The highest BCUT2D eigenvalue weighted by Crippen LogP contribution is 2.33. The fraction of sp³-hybridized carbons (Fsp3) is 0.385. The first-order valence-electron chi connectivity index (χ1n) is 11.6. The van der Waals surface area contributed by atoms with Gasteiger partial charge in [0.25, 0.3) is 5.91 Å². The monoisotopic (exact) mass is 503 g/mol. The number of hydrogen-bond acceptors (Lipinski definition) is 3. The van der Waals surface area contributed by atoms with Gasteiger partial charge in [-0.1, -0.05) is 42.5 Å². The van der Waals surface area contributed by atoms with Crippen LogP contribution in [0.25, 0.3) is 17.1 Å². The van der Waals surface area contributed by atoms with Crippen molar-refractivity contribution in [3.63, 3.8) is 0 Å². The Balaban J connectivity index is 1.72. The number of hydrogen-bond donors (Lipinski definition) is 1. The Morgan fingerprint density at radius 1 is 1.15 bits per heavy atom. The van der Waals surface area contributed by atoms with E-state index in [1.807, 2.05) is 35.8 Å². The number of alkyl halides is 1. The molecule has 0 unspecified atom stereocenters. The smallest absolute Gasteiger partial charge is 0.272 e. The van der Waals surface area contributed by atoms with Crippen molar-refractivity contribution in [2.24, 2.45) is 0 Å². The maximum Gasteiger partial charge on any atom is 0.272 e. The van der Waals surface area contributed by atoms with Gasteiger partial charge in [-0.2, -0.15) is 0 Å². The highest BCUT2D eigenvalue weighted by molar-refractivity contribution is 6.36. The van der Waals surface area contributed by atoms with Crippen LogP contribution in [0.2, 0.25) is 10.0 Å². The van der Waals surface area contributed by atoms with E-state index in [0.29, 0.717) is 51.6 Å². The average Bonchev–Trinajstić information content (AvgIpc) is 3.17. The maximum absolute atomic E-state index is 13.2. The molecule has 0 spiro atoms.